The highest BCUT2D eigenvalue weighted by Gasteiger charge is 2.34. The van der Waals surface area contributed by atoms with Gasteiger partial charge in [0.1, 0.15) is 17.4 Å². The Morgan fingerprint density at radius 1 is 1.28 bits per heavy atom. The van der Waals surface area contributed by atoms with Crippen LogP contribution in [0.15, 0.2) is 47.1 Å². The van der Waals surface area contributed by atoms with E-state index in [1.165, 1.54) is 13.2 Å². The van der Waals surface area contributed by atoms with Crippen molar-refractivity contribution >= 4 is 11.8 Å². The number of nitrogens with zero attached hydrogens (tertiary/aromatic N) is 1. The zero-order valence-corrected chi connectivity index (χ0v) is 14.4. The molecule has 1 aromatic carbocycles. The first kappa shape index (κ1) is 17.2. The number of fused-ring (bicyclic) bond motifs is 1. The van der Waals surface area contributed by atoms with Crippen LogP contribution in [0.3, 0.4) is 0 Å². The lowest BCUT2D eigenvalue weighted by molar-refractivity contribution is -0.140. The Morgan fingerprint density at radius 2 is 2.00 bits per heavy atom. The van der Waals surface area contributed by atoms with Gasteiger partial charge >= 0.3 is 0 Å². The molecule has 3 rings (SSSR count). The lowest BCUT2D eigenvalue weighted by Crippen LogP contribution is -2.53. The second kappa shape index (κ2) is 6.72. The lowest BCUT2D eigenvalue weighted by Gasteiger charge is -2.36. The second-order valence-electron chi connectivity index (χ2n) is 6.60. The van der Waals surface area contributed by atoms with Crippen LogP contribution in [-0.2, 0) is 28.2 Å². The molecule has 1 aromatic heterocycles. The number of rotatable bonds is 4. The van der Waals surface area contributed by atoms with E-state index < -0.39 is 11.6 Å². The summed E-state index contributed by atoms with van der Waals surface area (Å²) in [5, 5.41) is 13.2. The summed E-state index contributed by atoms with van der Waals surface area (Å²) in [5.74, 6) is -0.0470. The van der Waals surface area contributed by atoms with Gasteiger partial charge in [-0.2, -0.15) is 0 Å². The Hall–Kier alpha value is -2.60. The van der Waals surface area contributed by atoms with Crippen LogP contribution in [-0.4, -0.2) is 34.4 Å². The number of amides is 2. The van der Waals surface area contributed by atoms with Crippen molar-refractivity contribution in [2.75, 3.05) is 6.54 Å². The number of hydrogen-bond acceptors (Lipinski definition) is 4. The van der Waals surface area contributed by atoms with Crippen LogP contribution in [0.2, 0.25) is 0 Å². The third-order valence-electron chi connectivity index (χ3n) is 4.61. The fourth-order valence-electron chi connectivity index (χ4n) is 3.14. The summed E-state index contributed by atoms with van der Waals surface area (Å²) < 4.78 is 5.22. The first-order valence-corrected chi connectivity index (χ1v) is 8.26. The van der Waals surface area contributed by atoms with Crippen molar-refractivity contribution in [3.8, 4) is 0 Å². The highest BCUT2D eigenvalue weighted by molar-refractivity contribution is 5.87. The van der Waals surface area contributed by atoms with Crippen molar-refractivity contribution in [2.24, 2.45) is 0 Å². The van der Waals surface area contributed by atoms with Crippen molar-refractivity contribution in [1.29, 1.82) is 0 Å². The fourth-order valence-corrected chi connectivity index (χ4v) is 3.14. The van der Waals surface area contributed by atoms with E-state index >= 15 is 0 Å². The van der Waals surface area contributed by atoms with Crippen LogP contribution in [0.5, 0.6) is 0 Å². The normalized spacial score (nSPS) is 19.0. The van der Waals surface area contributed by atoms with Crippen LogP contribution in [0, 0.1) is 0 Å². The van der Waals surface area contributed by atoms with Gasteiger partial charge in [-0.15, -0.1) is 0 Å². The van der Waals surface area contributed by atoms with Gasteiger partial charge in [0, 0.05) is 19.9 Å². The van der Waals surface area contributed by atoms with E-state index in [9.17, 15) is 14.7 Å². The molecule has 2 N–H and O–H groups in total. The Kier molecular flexibility index (Phi) is 4.63. The van der Waals surface area contributed by atoms with E-state index in [2.05, 4.69) is 5.32 Å². The monoisotopic (exact) mass is 342 g/mol. The van der Waals surface area contributed by atoms with Crippen LogP contribution in [0.4, 0.5) is 0 Å². The number of aliphatic hydroxyl groups is 1. The van der Waals surface area contributed by atoms with E-state index in [0.29, 0.717) is 18.7 Å². The molecule has 0 bridgehead atoms. The molecule has 0 radical (unpaired) electrons. The SMILES string of the molecule is CC(=O)N1Cc2ccccc2C[C@H]1C(=O)NC[C@@](C)(O)c1ccco1. The maximum absolute atomic E-state index is 12.7. The molecule has 0 saturated heterocycles. The fraction of sp³-hybridized carbons (Fsp3) is 0.368. The Morgan fingerprint density at radius 3 is 2.64 bits per heavy atom. The molecule has 0 saturated carbocycles. The summed E-state index contributed by atoms with van der Waals surface area (Å²) in [5.41, 5.74) is 0.814. The number of carbonyl (C=O) groups excluding carboxylic acids is 2. The maximum Gasteiger partial charge on any atom is 0.243 e. The van der Waals surface area contributed by atoms with Gasteiger partial charge in [-0.25, -0.2) is 0 Å². The molecule has 132 valence electrons. The van der Waals surface area contributed by atoms with Crippen LogP contribution >= 0.6 is 0 Å². The van der Waals surface area contributed by atoms with Crippen molar-refractivity contribution < 1.29 is 19.1 Å². The first-order chi connectivity index (χ1) is 11.9. The zero-order valence-electron chi connectivity index (χ0n) is 14.4. The van der Waals surface area contributed by atoms with Crippen molar-refractivity contribution in [3.05, 3.63) is 59.5 Å². The van der Waals surface area contributed by atoms with Crippen LogP contribution in [0.1, 0.15) is 30.7 Å². The lowest BCUT2D eigenvalue weighted by atomic mass is 9.93. The molecule has 0 spiro atoms. The molecule has 2 atom stereocenters. The summed E-state index contributed by atoms with van der Waals surface area (Å²) in [4.78, 5) is 26.3. The molecule has 0 aliphatic carbocycles. The number of nitrogens with one attached hydrogen (secondary N) is 1. The third kappa shape index (κ3) is 3.58. The zero-order chi connectivity index (χ0) is 18.0. The Labute approximate surface area is 146 Å². The molecular weight excluding hydrogens is 320 g/mol. The summed E-state index contributed by atoms with van der Waals surface area (Å²) >= 11 is 0. The van der Waals surface area contributed by atoms with Gasteiger partial charge in [0.2, 0.25) is 11.8 Å². The summed E-state index contributed by atoms with van der Waals surface area (Å²) in [7, 11) is 0. The standard InChI is InChI=1S/C19H22N2O4/c1-13(22)21-11-15-7-4-3-6-14(15)10-16(21)18(23)20-12-19(2,24)17-8-5-9-25-17/h3-9,16,24H,10-12H2,1-2H3,(H,20,23)/t16-,19+/m0/s1. The van der Waals surface area contributed by atoms with Gasteiger partial charge in [-0.1, -0.05) is 24.3 Å². The van der Waals surface area contributed by atoms with Gasteiger partial charge in [0.05, 0.1) is 12.8 Å². The smallest absolute Gasteiger partial charge is 0.243 e. The third-order valence-corrected chi connectivity index (χ3v) is 4.61. The minimum atomic E-state index is -1.31. The molecule has 0 fully saturated rings. The molecule has 1 aliphatic heterocycles. The predicted molar refractivity (Wildman–Crippen MR) is 91.4 cm³/mol. The van der Waals surface area contributed by atoms with E-state index in [0.717, 1.165) is 11.1 Å². The second-order valence-corrected chi connectivity index (χ2v) is 6.60. The molecular formula is C19H22N2O4. The van der Waals surface area contributed by atoms with Gasteiger partial charge < -0.3 is 19.7 Å². The molecule has 2 aromatic rings. The summed E-state index contributed by atoms with van der Waals surface area (Å²) in [6.45, 7) is 3.46. The summed E-state index contributed by atoms with van der Waals surface area (Å²) in [6.07, 6.45) is 1.94. The Balaban J connectivity index is 1.73. The van der Waals surface area contributed by atoms with Gasteiger partial charge in [-0.05, 0) is 30.2 Å². The van der Waals surface area contributed by atoms with Crippen molar-refractivity contribution in [1.82, 2.24) is 10.2 Å². The maximum atomic E-state index is 12.7. The topological polar surface area (TPSA) is 82.8 Å². The largest absolute Gasteiger partial charge is 0.466 e. The number of furan rings is 1. The minimum Gasteiger partial charge on any atom is -0.466 e. The van der Waals surface area contributed by atoms with E-state index in [4.69, 9.17) is 4.42 Å². The van der Waals surface area contributed by atoms with Crippen LogP contribution in [0.25, 0.3) is 0 Å². The van der Waals surface area contributed by atoms with E-state index in [1.54, 1.807) is 24.0 Å². The van der Waals surface area contributed by atoms with Gasteiger partial charge in [0.15, 0.2) is 0 Å². The minimum absolute atomic E-state index is 0.00321. The predicted octanol–water partition coefficient (Wildman–Crippen LogP) is 1.58. The highest BCUT2D eigenvalue weighted by Crippen LogP contribution is 2.24. The molecule has 2 heterocycles. The first-order valence-electron chi connectivity index (χ1n) is 8.26. The average Bonchev–Trinajstić information content (AvgIpc) is 3.14. The Bertz CT molecular complexity index is 767. The molecule has 0 unspecified atom stereocenters. The van der Waals surface area contributed by atoms with Crippen LogP contribution < -0.4 is 5.32 Å². The average molecular weight is 342 g/mol. The van der Waals surface area contributed by atoms with E-state index in [1.807, 2.05) is 24.3 Å². The molecule has 6 heteroatoms. The molecule has 6 nitrogen and oxygen atoms in total. The summed E-state index contributed by atoms with van der Waals surface area (Å²) in [6, 6.07) is 10.6. The van der Waals surface area contributed by atoms with E-state index in [-0.39, 0.29) is 18.4 Å². The molecule has 25 heavy (non-hydrogen) atoms. The van der Waals surface area contributed by atoms with Crippen molar-refractivity contribution in [3.63, 3.8) is 0 Å². The number of carbonyl (C=O) groups is 2. The van der Waals surface area contributed by atoms with Gasteiger partial charge in [-0.3, -0.25) is 9.59 Å². The van der Waals surface area contributed by atoms with Crippen molar-refractivity contribution in [2.45, 2.75) is 38.5 Å². The van der Waals surface area contributed by atoms with Gasteiger partial charge in [0.25, 0.3) is 0 Å². The molecule has 2 amide bonds. The molecule has 1 aliphatic rings. The number of hydrogen-bond donors (Lipinski definition) is 2. The number of benzene rings is 1. The highest BCUT2D eigenvalue weighted by atomic mass is 16.4. The quantitative estimate of drug-likeness (QED) is 0.884.